The average molecular weight is 874 g/mol. The summed E-state index contributed by atoms with van der Waals surface area (Å²) in [5.41, 5.74) is 7.12. The first-order valence-corrected chi connectivity index (χ1v) is 18.3. The smallest absolute Gasteiger partial charge is 0.335 e. The van der Waals surface area contributed by atoms with E-state index in [-0.39, 0.29) is 50.8 Å². The highest BCUT2D eigenvalue weighted by Gasteiger charge is 2.29. The van der Waals surface area contributed by atoms with Gasteiger partial charge < -0.3 is 53.0 Å². The van der Waals surface area contributed by atoms with Crippen molar-refractivity contribution in [1.82, 2.24) is 5.32 Å². The molecule has 0 saturated heterocycles. The molecule has 0 radical (unpaired) electrons. The number of aromatic hydroxyl groups is 1. The van der Waals surface area contributed by atoms with Crippen LogP contribution in [-0.2, 0) is 9.59 Å². The Hall–Kier alpha value is -8.49. The van der Waals surface area contributed by atoms with E-state index in [0.29, 0.717) is 0 Å². The number of carboxylic acid groups (broad SMARTS) is 1. The van der Waals surface area contributed by atoms with E-state index in [9.17, 15) is 56.2 Å². The van der Waals surface area contributed by atoms with E-state index in [2.05, 4.69) is 21.3 Å². The van der Waals surface area contributed by atoms with Gasteiger partial charge in [0.2, 0.25) is 11.8 Å². The number of hydrogen-bond acceptors (Lipinski definition) is 10. The van der Waals surface area contributed by atoms with Crippen LogP contribution in [0.25, 0.3) is 0 Å². The summed E-state index contributed by atoms with van der Waals surface area (Å²) in [6.45, 7) is 3.29. The molecule has 0 fully saturated rings. The number of benzene rings is 5. The number of carbonyl (C=O) groups excluding carboxylic acids is 6. The summed E-state index contributed by atoms with van der Waals surface area (Å²) in [4.78, 5) is 88.0. The van der Waals surface area contributed by atoms with Crippen LogP contribution in [-0.4, -0.2) is 63.8 Å². The molecule has 0 heterocycles. The fraction of sp³-hybridized carbons (Fsp3) is 0.119. The highest BCUT2D eigenvalue weighted by molar-refractivity contribution is 6.10. The summed E-state index contributed by atoms with van der Waals surface area (Å²) in [6, 6.07) is 16.0. The number of nitrogens with one attached hydrogen (secondary N) is 5. The Bertz CT molecular complexity index is 2620. The number of hydrogen-bond donors (Lipinski definition) is 9. The molecule has 0 unspecified atom stereocenters. The van der Waals surface area contributed by atoms with Gasteiger partial charge in [0, 0.05) is 28.2 Å². The number of aromatic carboxylic acids is 1. The van der Waals surface area contributed by atoms with Gasteiger partial charge in [-0.2, -0.15) is 0 Å². The predicted molar refractivity (Wildman–Crippen MR) is 218 cm³/mol. The number of nitrogens with two attached hydrogens (primary N) is 2. The molecule has 17 nitrogen and oxygen atoms in total. The molecule has 0 spiro atoms. The van der Waals surface area contributed by atoms with Crippen molar-refractivity contribution in [2.75, 3.05) is 27.0 Å². The molecule has 326 valence electrons. The molecule has 0 bridgehead atoms. The summed E-state index contributed by atoms with van der Waals surface area (Å²) in [5, 5.41) is 32.1. The maximum Gasteiger partial charge on any atom is 0.335 e. The zero-order chi connectivity index (χ0) is 46.3. The second-order valence-corrected chi connectivity index (χ2v) is 13.6. The van der Waals surface area contributed by atoms with Crippen LogP contribution in [0.5, 0.6) is 11.5 Å². The molecule has 21 heteroatoms. The minimum absolute atomic E-state index is 0.00341. The predicted octanol–water partition coefficient (Wildman–Crippen LogP) is 5.39. The summed E-state index contributed by atoms with van der Waals surface area (Å²) >= 11 is 0. The third kappa shape index (κ3) is 10.8. The molecule has 6 amide bonds. The number of rotatable bonds is 15. The molecule has 11 N–H and O–H groups in total. The van der Waals surface area contributed by atoms with Crippen LogP contribution < -0.4 is 42.8 Å². The van der Waals surface area contributed by atoms with Crippen LogP contribution in [0.3, 0.4) is 0 Å². The first-order chi connectivity index (χ1) is 29.7. The zero-order valence-electron chi connectivity index (χ0n) is 32.8. The lowest BCUT2D eigenvalue weighted by Crippen LogP contribution is -2.46. The molecule has 0 aromatic heterocycles. The van der Waals surface area contributed by atoms with Crippen LogP contribution in [0.1, 0.15) is 72.1 Å². The van der Waals surface area contributed by atoms with Crippen molar-refractivity contribution in [3.63, 3.8) is 0 Å². The number of ether oxygens (including phenoxy) is 1. The van der Waals surface area contributed by atoms with E-state index >= 15 is 0 Å². The molecule has 0 saturated carbocycles. The third-order valence-electron chi connectivity index (χ3n) is 8.74. The second kappa shape index (κ2) is 19.3. The van der Waals surface area contributed by atoms with Gasteiger partial charge in [-0.05, 0) is 98.8 Å². The van der Waals surface area contributed by atoms with Crippen molar-refractivity contribution in [3.05, 3.63) is 136 Å². The minimum atomic E-state index is -2.02. The molecular weight excluding hydrogens is 838 g/mol. The van der Waals surface area contributed by atoms with Crippen molar-refractivity contribution in [2.45, 2.75) is 32.4 Å². The van der Waals surface area contributed by atoms with Gasteiger partial charge >= 0.3 is 5.97 Å². The molecule has 0 aliphatic rings. The summed E-state index contributed by atoms with van der Waals surface area (Å²) in [6.07, 6.45) is -1.18. The Kier molecular flexibility index (Phi) is 13.9. The van der Waals surface area contributed by atoms with Crippen molar-refractivity contribution >= 4 is 69.8 Å². The Morgan fingerprint density at radius 2 is 1.10 bits per heavy atom. The number of nitrogen functional groups attached to an aromatic ring is 1. The lowest BCUT2D eigenvalue weighted by molar-refractivity contribution is -0.123. The maximum atomic E-state index is 14.2. The van der Waals surface area contributed by atoms with Gasteiger partial charge in [0.25, 0.3) is 23.6 Å². The van der Waals surface area contributed by atoms with Gasteiger partial charge in [-0.15, -0.1) is 0 Å². The molecular formula is C42H35F4N7O10. The second-order valence-electron chi connectivity index (χ2n) is 13.6. The van der Waals surface area contributed by atoms with Crippen molar-refractivity contribution in [3.8, 4) is 11.5 Å². The van der Waals surface area contributed by atoms with Crippen LogP contribution in [0.15, 0.2) is 84.9 Å². The average Bonchev–Trinajstić information content (AvgIpc) is 3.23. The molecule has 1 atom stereocenters. The quantitative estimate of drug-likeness (QED) is 0.0366. The first-order valence-electron chi connectivity index (χ1n) is 18.3. The van der Waals surface area contributed by atoms with Gasteiger partial charge in [0.1, 0.15) is 17.3 Å². The fourth-order valence-corrected chi connectivity index (χ4v) is 5.63. The van der Waals surface area contributed by atoms with E-state index in [1.165, 1.54) is 60.7 Å². The number of phenols is 1. The Morgan fingerprint density at radius 1 is 0.619 bits per heavy atom. The summed E-state index contributed by atoms with van der Waals surface area (Å²) in [5.74, 6) is -15.8. The molecule has 5 aromatic carbocycles. The van der Waals surface area contributed by atoms with Crippen molar-refractivity contribution in [1.29, 1.82) is 0 Å². The van der Waals surface area contributed by atoms with E-state index in [4.69, 9.17) is 21.3 Å². The van der Waals surface area contributed by atoms with Crippen LogP contribution >= 0.6 is 0 Å². The number of primary amides is 1. The van der Waals surface area contributed by atoms with Gasteiger partial charge in [-0.25, -0.2) is 22.4 Å². The number of carbonyl (C=O) groups is 7. The van der Waals surface area contributed by atoms with E-state index < -0.39 is 100 Å². The fourth-order valence-electron chi connectivity index (χ4n) is 5.63. The number of anilines is 5. The number of amides is 6. The Morgan fingerprint density at radius 3 is 1.59 bits per heavy atom. The molecule has 0 aliphatic carbocycles. The van der Waals surface area contributed by atoms with Gasteiger partial charge in [-0.1, -0.05) is 0 Å². The van der Waals surface area contributed by atoms with E-state index in [0.717, 1.165) is 24.3 Å². The lowest BCUT2D eigenvalue weighted by atomic mass is 10.1. The van der Waals surface area contributed by atoms with Gasteiger partial charge in [0.05, 0.1) is 29.3 Å². The minimum Gasteiger partial charge on any atom is -0.504 e. The topological polar surface area (TPSA) is 281 Å². The molecule has 5 aromatic rings. The van der Waals surface area contributed by atoms with Crippen LogP contribution in [0.4, 0.5) is 46.0 Å². The van der Waals surface area contributed by atoms with Gasteiger partial charge in [0.15, 0.2) is 34.8 Å². The van der Waals surface area contributed by atoms with Crippen LogP contribution in [0, 0.1) is 23.3 Å². The molecule has 63 heavy (non-hydrogen) atoms. The lowest BCUT2D eigenvalue weighted by Gasteiger charge is -2.19. The van der Waals surface area contributed by atoms with Crippen LogP contribution in [0.2, 0.25) is 0 Å². The number of halogens is 4. The Balaban J connectivity index is 1.23. The highest BCUT2D eigenvalue weighted by Crippen LogP contribution is 2.39. The maximum absolute atomic E-state index is 14.2. The van der Waals surface area contributed by atoms with Crippen molar-refractivity contribution in [2.24, 2.45) is 5.73 Å². The highest BCUT2D eigenvalue weighted by atomic mass is 19.2. The SMILES string of the molecule is CC(C)Oc1c(NC(=O)c2ccc(NC(=O)[C@H](CC(N)=O)NC(=O)c3ccc(NC(=O)c4c(F)c(F)c(N)c(F)c4F)cc3)cc2)ccc(C(=O)Nc2ccc(C(=O)O)cc2)c1O. The first kappa shape index (κ1) is 45.6. The zero-order valence-corrected chi connectivity index (χ0v) is 32.8. The monoisotopic (exact) mass is 873 g/mol. The Labute approximate surface area is 353 Å². The summed E-state index contributed by atoms with van der Waals surface area (Å²) < 4.78 is 61.9. The standard InChI is InChI=1S/C42H35F4N7O10/c1-18(2)63-36-26(16-15-25(35(36)55)39(58)49-22-13-7-21(8-14-22)42(61)62)52-37(56)19-3-9-23(10-4-19)50-40(59)27(17-28(47)54)53-38(57)20-5-11-24(12-6-20)51-41(60)29-30(43)32(45)34(48)33(46)31(29)44/h3-16,18,27,55H,17,48H2,1-2H3,(H2,47,54)(H,49,58)(H,50,59)(H,51,60)(H,52,56)(H,53,57)(H,61,62)/t27-/m0/s1. The molecule has 5 rings (SSSR count). The number of phenolic OH excluding ortho intramolecular Hbond substituents is 1. The molecule has 0 aliphatic heterocycles. The van der Waals surface area contributed by atoms with E-state index in [1.807, 2.05) is 5.32 Å². The normalized spacial score (nSPS) is 11.2. The van der Waals surface area contributed by atoms with E-state index in [1.54, 1.807) is 13.8 Å². The summed E-state index contributed by atoms with van der Waals surface area (Å²) in [7, 11) is 0. The third-order valence-corrected chi connectivity index (χ3v) is 8.74. The van der Waals surface area contributed by atoms with Crippen molar-refractivity contribution < 1.29 is 66.1 Å². The number of carboxylic acids is 1. The largest absolute Gasteiger partial charge is 0.504 e. The van der Waals surface area contributed by atoms with Gasteiger partial charge in [-0.3, -0.25) is 28.8 Å².